The topological polar surface area (TPSA) is 153 Å². The van der Waals surface area contributed by atoms with E-state index in [4.69, 9.17) is 5.73 Å². The number of aliphatic hydroxyl groups is 3. The Bertz CT molecular complexity index is 1060. The van der Waals surface area contributed by atoms with Crippen LogP contribution >= 0.6 is 0 Å². The predicted molar refractivity (Wildman–Crippen MR) is 113 cm³/mol. The van der Waals surface area contributed by atoms with Crippen LogP contribution in [0.3, 0.4) is 0 Å². The number of aliphatic hydroxyl groups excluding tert-OH is 2. The molecule has 1 aromatic carbocycles. The zero-order chi connectivity index (χ0) is 23.4. The molecule has 3 aliphatic carbocycles. The van der Waals surface area contributed by atoms with Gasteiger partial charge in [0.25, 0.3) is 5.91 Å². The van der Waals surface area contributed by atoms with E-state index in [0.29, 0.717) is 24.0 Å². The number of primary amides is 1. The van der Waals surface area contributed by atoms with E-state index in [1.165, 1.54) is 6.92 Å². The van der Waals surface area contributed by atoms with Crippen LogP contribution < -0.4 is 11.1 Å². The summed E-state index contributed by atoms with van der Waals surface area (Å²) < 4.78 is 12.4. The summed E-state index contributed by atoms with van der Waals surface area (Å²) in [6.07, 6.45) is 0.833. The minimum Gasteiger partial charge on any atom is -0.512 e. The number of benzene rings is 1. The molecule has 1 amide bonds. The molecule has 0 spiro atoms. The summed E-state index contributed by atoms with van der Waals surface area (Å²) in [5.74, 6) is -4.22. The Hall–Kier alpha value is -2.91. The van der Waals surface area contributed by atoms with Gasteiger partial charge in [-0.1, -0.05) is 12.1 Å². The Balaban J connectivity index is 1.78. The van der Waals surface area contributed by atoms with Crippen molar-refractivity contribution >= 4 is 17.4 Å². The van der Waals surface area contributed by atoms with Crippen molar-refractivity contribution in [3.63, 3.8) is 0 Å². The van der Waals surface area contributed by atoms with E-state index >= 15 is 0 Å². The van der Waals surface area contributed by atoms with Crippen molar-refractivity contribution in [3.05, 3.63) is 45.7 Å². The van der Waals surface area contributed by atoms with E-state index in [-0.39, 0.29) is 59.4 Å². The van der Waals surface area contributed by atoms with E-state index in [0.717, 1.165) is 0 Å². The minimum atomic E-state index is -1.99. The molecule has 0 bridgehead atoms. The molecular weight excluding hydrogens is 419 g/mol. The third-order valence-corrected chi connectivity index (χ3v) is 7.01. The van der Waals surface area contributed by atoms with E-state index in [1.54, 1.807) is 12.1 Å². The van der Waals surface area contributed by atoms with Crippen LogP contribution in [0.4, 0.5) is 4.39 Å². The van der Waals surface area contributed by atoms with Crippen molar-refractivity contribution < 1.29 is 34.4 Å². The molecule has 4 atom stereocenters. The Morgan fingerprint density at radius 1 is 1.28 bits per heavy atom. The number of alkyl halides is 1. The number of fused-ring (bicyclic) bond motifs is 3. The average Bonchev–Trinajstić information content (AvgIpc) is 2.68. The number of ketones is 1. The van der Waals surface area contributed by atoms with Gasteiger partial charge < -0.3 is 31.5 Å². The van der Waals surface area contributed by atoms with Crippen molar-refractivity contribution in [2.45, 2.75) is 38.3 Å². The summed E-state index contributed by atoms with van der Waals surface area (Å²) in [5.41, 5.74) is 4.38. The highest BCUT2D eigenvalue weighted by molar-refractivity contribution is 6.07. The molecule has 0 aromatic heterocycles. The maximum Gasteiger partial charge on any atom is 0.250 e. The van der Waals surface area contributed by atoms with Gasteiger partial charge in [-0.15, -0.1) is 0 Å². The highest BCUT2D eigenvalue weighted by Crippen LogP contribution is 2.53. The lowest BCUT2D eigenvalue weighted by Gasteiger charge is -2.47. The standard InChI is InChI=1S/C23H27FN2O6/c1-23(32)17-13(8-14(27)18(23)22(25)31)7-12-6-10-2-3-11(9-26-5-4-24)19(28)15(10)20(29)16(12)21(17)30/h2-3,12-13,17,26-29,32H,4-9H2,1H3,(H2,25,31). The highest BCUT2D eigenvalue weighted by Gasteiger charge is 2.56. The molecule has 4 unspecified atom stereocenters. The van der Waals surface area contributed by atoms with Crippen molar-refractivity contribution in [2.24, 2.45) is 23.5 Å². The van der Waals surface area contributed by atoms with Gasteiger partial charge >= 0.3 is 0 Å². The Morgan fingerprint density at radius 3 is 2.66 bits per heavy atom. The molecule has 1 saturated carbocycles. The first-order valence-corrected chi connectivity index (χ1v) is 10.6. The van der Waals surface area contributed by atoms with Gasteiger partial charge in [0.05, 0.1) is 17.1 Å². The summed E-state index contributed by atoms with van der Waals surface area (Å²) in [4.78, 5) is 25.4. The molecule has 0 radical (unpaired) electrons. The second-order valence-electron chi connectivity index (χ2n) is 9.01. The molecule has 0 heterocycles. The minimum absolute atomic E-state index is 0.0344. The number of carbonyl (C=O) groups is 2. The lowest BCUT2D eigenvalue weighted by Crippen LogP contribution is -2.55. The van der Waals surface area contributed by atoms with Gasteiger partial charge in [-0.05, 0) is 37.2 Å². The zero-order valence-corrected chi connectivity index (χ0v) is 17.7. The van der Waals surface area contributed by atoms with Crippen LogP contribution in [0.5, 0.6) is 5.75 Å². The maximum absolute atomic E-state index is 13.5. The third-order valence-electron chi connectivity index (χ3n) is 7.01. The quantitative estimate of drug-likeness (QED) is 0.375. The zero-order valence-electron chi connectivity index (χ0n) is 17.7. The van der Waals surface area contributed by atoms with E-state index < -0.39 is 35.8 Å². The second-order valence-corrected chi connectivity index (χ2v) is 9.01. The van der Waals surface area contributed by atoms with Gasteiger partial charge in [0, 0.05) is 30.6 Å². The average molecular weight is 446 g/mol. The number of nitrogens with one attached hydrogen (secondary N) is 1. The van der Waals surface area contributed by atoms with E-state index in [1.807, 2.05) is 0 Å². The van der Waals surface area contributed by atoms with Crippen LogP contribution in [0.15, 0.2) is 29.0 Å². The molecule has 8 nitrogen and oxygen atoms in total. The molecule has 172 valence electrons. The Labute approximate surface area is 184 Å². The number of aromatic hydroxyl groups is 1. The van der Waals surface area contributed by atoms with Crippen LogP contribution in [0.1, 0.15) is 36.5 Å². The van der Waals surface area contributed by atoms with E-state index in [2.05, 4.69) is 5.32 Å². The molecule has 1 aromatic rings. The normalized spacial score (nSPS) is 29.5. The number of nitrogens with two attached hydrogens (primary N) is 1. The number of amides is 1. The van der Waals surface area contributed by atoms with Gasteiger partial charge in [-0.25, -0.2) is 4.39 Å². The predicted octanol–water partition coefficient (Wildman–Crippen LogP) is 1.55. The van der Waals surface area contributed by atoms with Gasteiger partial charge in [-0.2, -0.15) is 0 Å². The number of halogens is 1. The molecule has 0 aliphatic heterocycles. The third kappa shape index (κ3) is 3.27. The monoisotopic (exact) mass is 446 g/mol. The van der Waals surface area contributed by atoms with Crippen molar-refractivity contribution in [2.75, 3.05) is 13.2 Å². The largest absolute Gasteiger partial charge is 0.512 e. The Morgan fingerprint density at radius 2 is 2.00 bits per heavy atom. The first kappa shape index (κ1) is 22.3. The fourth-order valence-electron chi connectivity index (χ4n) is 5.75. The van der Waals surface area contributed by atoms with Gasteiger partial charge in [-0.3, -0.25) is 9.59 Å². The summed E-state index contributed by atoms with van der Waals surface area (Å²) in [6, 6.07) is 3.47. The summed E-state index contributed by atoms with van der Waals surface area (Å²) in [6.45, 7) is 1.02. The number of hydrogen-bond donors (Lipinski definition) is 6. The lowest BCUT2D eigenvalue weighted by atomic mass is 9.57. The van der Waals surface area contributed by atoms with Crippen molar-refractivity contribution in [1.82, 2.24) is 5.32 Å². The van der Waals surface area contributed by atoms with Crippen LogP contribution in [-0.2, 0) is 22.6 Å². The number of rotatable bonds is 5. The second kappa shape index (κ2) is 7.90. The number of phenols is 1. The first-order valence-electron chi connectivity index (χ1n) is 10.6. The van der Waals surface area contributed by atoms with Crippen LogP contribution in [0, 0.1) is 17.8 Å². The summed E-state index contributed by atoms with van der Waals surface area (Å²) >= 11 is 0. The van der Waals surface area contributed by atoms with Crippen LogP contribution in [0.2, 0.25) is 0 Å². The Kier molecular flexibility index (Phi) is 5.50. The molecule has 0 saturated heterocycles. The maximum atomic E-state index is 13.5. The van der Waals surface area contributed by atoms with Crippen LogP contribution in [-0.4, -0.2) is 50.9 Å². The molecular formula is C23H27FN2O6. The van der Waals surface area contributed by atoms with Crippen LogP contribution in [0.25, 0.3) is 5.76 Å². The number of phenolic OH excluding ortho intramolecular Hbond substituents is 1. The van der Waals surface area contributed by atoms with E-state index in [9.17, 15) is 34.4 Å². The molecule has 7 N–H and O–H groups in total. The molecule has 9 heteroatoms. The molecule has 4 rings (SSSR count). The first-order chi connectivity index (χ1) is 15.1. The molecule has 1 fully saturated rings. The van der Waals surface area contributed by atoms with Gasteiger partial charge in [0.2, 0.25) is 0 Å². The smallest absolute Gasteiger partial charge is 0.250 e. The van der Waals surface area contributed by atoms with Crippen molar-refractivity contribution in [3.8, 4) is 5.75 Å². The summed E-state index contributed by atoms with van der Waals surface area (Å²) in [7, 11) is 0. The number of Topliss-reactive ketones (excluding diaryl/α,β-unsaturated/α-hetero) is 1. The fraction of sp³-hybridized carbons (Fsp3) is 0.478. The van der Waals surface area contributed by atoms with Crippen molar-refractivity contribution in [1.29, 1.82) is 0 Å². The highest BCUT2D eigenvalue weighted by atomic mass is 19.1. The number of hydrogen-bond acceptors (Lipinski definition) is 7. The number of allylic oxidation sites excluding steroid dienone is 2. The van der Waals surface area contributed by atoms with Gasteiger partial charge in [0.1, 0.15) is 29.5 Å². The SMILES string of the molecule is CC1(O)C(C(N)=O)=C(O)CC2CC3Cc4ccc(CNCCF)c(O)c4C(O)=C3C(=O)C21. The van der Waals surface area contributed by atoms with Gasteiger partial charge in [0.15, 0.2) is 5.78 Å². The fourth-order valence-corrected chi connectivity index (χ4v) is 5.75. The lowest BCUT2D eigenvalue weighted by molar-refractivity contribution is -0.136. The molecule has 3 aliphatic rings. The summed E-state index contributed by atoms with van der Waals surface area (Å²) in [5, 5.41) is 46.1. The molecule has 32 heavy (non-hydrogen) atoms. The number of carbonyl (C=O) groups excluding carboxylic acids is 2.